The minimum Gasteiger partial charge on any atom is -0.497 e. The maximum Gasteiger partial charge on any atom is 0.244 e. The highest BCUT2D eigenvalue weighted by atomic mass is 32.2. The van der Waals surface area contributed by atoms with Crippen LogP contribution in [0.1, 0.15) is 24.8 Å². The van der Waals surface area contributed by atoms with E-state index < -0.39 is 10.0 Å². The van der Waals surface area contributed by atoms with Gasteiger partial charge in [0.25, 0.3) is 0 Å². The van der Waals surface area contributed by atoms with Gasteiger partial charge in [-0.3, -0.25) is 5.43 Å². The van der Waals surface area contributed by atoms with Gasteiger partial charge in [0, 0.05) is 30.9 Å². The molecular weight excluding hydrogens is 380 g/mol. The third kappa shape index (κ3) is 4.79. The number of aromatic nitrogens is 1. The highest BCUT2D eigenvalue weighted by molar-refractivity contribution is 7.89. The number of sulfonamides is 1. The van der Waals surface area contributed by atoms with Crippen LogP contribution in [0.15, 0.2) is 46.5 Å². The predicted octanol–water partition coefficient (Wildman–Crippen LogP) is 2.72. The molecule has 2 aromatic rings. The molecule has 0 unspecified atom stereocenters. The number of rotatable bonds is 7. The Kier molecular flexibility index (Phi) is 6.48. The number of hydrogen-bond donors (Lipinski definition) is 1. The molecule has 2 heterocycles. The van der Waals surface area contributed by atoms with E-state index in [-0.39, 0.29) is 4.90 Å². The van der Waals surface area contributed by atoms with E-state index in [1.54, 1.807) is 38.6 Å². The monoisotopic (exact) mass is 404 g/mol. The zero-order chi connectivity index (χ0) is 20.0. The van der Waals surface area contributed by atoms with Crippen molar-refractivity contribution in [2.45, 2.75) is 24.2 Å². The lowest BCUT2D eigenvalue weighted by Gasteiger charge is -2.25. The summed E-state index contributed by atoms with van der Waals surface area (Å²) in [7, 11) is -0.319. The number of ether oxygens (including phenoxy) is 2. The second kappa shape index (κ2) is 9.03. The van der Waals surface area contributed by atoms with E-state index in [2.05, 4.69) is 15.5 Å². The van der Waals surface area contributed by atoms with Crippen LogP contribution in [0.3, 0.4) is 0 Å². The van der Waals surface area contributed by atoms with Crippen LogP contribution >= 0.6 is 0 Å². The maximum absolute atomic E-state index is 12.6. The summed E-state index contributed by atoms with van der Waals surface area (Å²) >= 11 is 0. The van der Waals surface area contributed by atoms with Crippen LogP contribution in [0, 0.1) is 0 Å². The summed E-state index contributed by atoms with van der Waals surface area (Å²) in [6, 6.07) is 8.54. The summed E-state index contributed by atoms with van der Waals surface area (Å²) in [5.74, 6) is 1.76. The first-order valence-electron chi connectivity index (χ1n) is 9.01. The fourth-order valence-corrected chi connectivity index (χ4v) is 4.39. The molecule has 150 valence electrons. The Bertz CT molecular complexity index is 901. The van der Waals surface area contributed by atoms with Crippen molar-refractivity contribution in [2.24, 2.45) is 5.10 Å². The van der Waals surface area contributed by atoms with Crippen molar-refractivity contribution in [3.05, 3.63) is 42.1 Å². The molecule has 0 saturated carbocycles. The Labute approximate surface area is 165 Å². The average Bonchev–Trinajstić information content (AvgIpc) is 2.74. The summed E-state index contributed by atoms with van der Waals surface area (Å²) in [5, 5.41) is 4.14. The zero-order valence-corrected chi connectivity index (χ0v) is 16.8. The van der Waals surface area contributed by atoms with Crippen LogP contribution in [0.4, 0.5) is 5.82 Å². The van der Waals surface area contributed by atoms with Crippen molar-refractivity contribution >= 4 is 22.1 Å². The van der Waals surface area contributed by atoms with Crippen molar-refractivity contribution < 1.29 is 17.9 Å². The predicted molar refractivity (Wildman–Crippen MR) is 108 cm³/mol. The molecule has 0 spiro atoms. The van der Waals surface area contributed by atoms with Gasteiger partial charge in [0.05, 0.1) is 20.4 Å². The molecular formula is C19H24N4O4S. The molecule has 1 aromatic carbocycles. The standard InChI is InChI=1S/C19H24N4O4S/c1-26-16-10-15(11-17(12-16)27-2)13-21-22-19-7-6-18(14-20-19)28(24,25)23-8-4-3-5-9-23/h6-7,10-14H,3-5,8-9H2,1-2H3,(H,20,22)/b21-13+. The van der Waals surface area contributed by atoms with E-state index in [9.17, 15) is 8.42 Å². The van der Waals surface area contributed by atoms with Gasteiger partial charge in [0.1, 0.15) is 22.2 Å². The van der Waals surface area contributed by atoms with E-state index in [1.807, 2.05) is 12.1 Å². The number of piperidine rings is 1. The summed E-state index contributed by atoms with van der Waals surface area (Å²) in [4.78, 5) is 4.35. The molecule has 1 aliphatic rings. The van der Waals surface area contributed by atoms with Crippen molar-refractivity contribution in [3.8, 4) is 11.5 Å². The van der Waals surface area contributed by atoms with Crippen molar-refractivity contribution in [3.63, 3.8) is 0 Å². The van der Waals surface area contributed by atoms with Gasteiger partial charge in [-0.05, 0) is 37.1 Å². The van der Waals surface area contributed by atoms with Gasteiger partial charge in [-0.25, -0.2) is 13.4 Å². The molecule has 0 radical (unpaired) electrons. The highest BCUT2D eigenvalue weighted by Crippen LogP contribution is 2.22. The van der Waals surface area contributed by atoms with Gasteiger partial charge in [0.2, 0.25) is 10.0 Å². The summed E-state index contributed by atoms with van der Waals surface area (Å²) in [6.45, 7) is 1.13. The molecule has 28 heavy (non-hydrogen) atoms. The normalized spacial score (nSPS) is 15.5. The molecule has 1 N–H and O–H groups in total. The van der Waals surface area contributed by atoms with E-state index in [0.29, 0.717) is 30.4 Å². The van der Waals surface area contributed by atoms with Crippen molar-refractivity contribution in [2.75, 3.05) is 32.7 Å². The molecule has 0 bridgehead atoms. The number of anilines is 1. The van der Waals surface area contributed by atoms with Crippen LogP contribution in [-0.4, -0.2) is 51.2 Å². The molecule has 1 saturated heterocycles. The fourth-order valence-electron chi connectivity index (χ4n) is 2.93. The lowest BCUT2D eigenvalue weighted by Crippen LogP contribution is -2.35. The third-order valence-electron chi connectivity index (χ3n) is 4.46. The Morgan fingerprint density at radius 3 is 2.32 bits per heavy atom. The molecule has 1 aromatic heterocycles. The van der Waals surface area contributed by atoms with E-state index in [4.69, 9.17) is 9.47 Å². The first-order chi connectivity index (χ1) is 13.5. The first kappa shape index (κ1) is 20.1. The second-order valence-corrected chi connectivity index (χ2v) is 8.30. The van der Waals surface area contributed by atoms with Gasteiger partial charge in [-0.1, -0.05) is 6.42 Å². The number of hydrazone groups is 1. The van der Waals surface area contributed by atoms with Gasteiger partial charge < -0.3 is 9.47 Å². The largest absolute Gasteiger partial charge is 0.497 e. The Hall–Kier alpha value is -2.65. The van der Waals surface area contributed by atoms with Gasteiger partial charge in [-0.15, -0.1) is 0 Å². The van der Waals surface area contributed by atoms with E-state index in [0.717, 1.165) is 24.8 Å². The number of nitrogens with one attached hydrogen (secondary N) is 1. The Morgan fingerprint density at radius 2 is 1.75 bits per heavy atom. The fraction of sp³-hybridized carbons (Fsp3) is 0.368. The number of pyridine rings is 1. The molecule has 8 nitrogen and oxygen atoms in total. The smallest absolute Gasteiger partial charge is 0.244 e. The van der Waals surface area contributed by atoms with Crippen LogP contribution in [0.25, 0.3) is 0 Å². The number of nitrogens with zero attached hydrogens (tertiary/aromatic N) is 3. The molecule has 3 rings (SSSR count). The minimum absolute atomic E-state index is 0.196. The molecule has 0 atom stereocenters. The van der Waals surface area contributed by atoms with Crippen LogP contribution in [0.2, 0.25) is 0 Å². The summed E-state index contributed by atoms with van der Waals surface area (Å²) in [5.41, 5.74) is 3.58. The quantitative estimate of drug-likeness (QED) is 0.563. The van der Waals surface area contributed by atoms with Crippen molar-refractivity contribution in [1.29, 1.82) is 0 Å². The SMILES string of the molecule is COc1cc(/C=N/Nc2ccc(S(=O)(=O)N3CCCCC3)cn2)cc(OC)c1. The minimum atomic E-state index is -3.48. The lowest BCUT2D eigenvalue weighted by atomic mass is 10.2. The van der Waals surface area contributed by atoms with Crippen molar-refractivity contribution in [1.82, 2.24) is 9.29 Å². The topological polar surface area (TPSA) is 93.1 Å². The number of methoxy groups -OCH3 is 2. The Balaban J connectivity index is 1.67. The van der Waals surface area contributed by atoms with Crippen LogP contribution in [0.5, 0.6) is 11.5 Å². The van der Waals surface area contributed by atoms with Gasteiger partial charge >= 0.3 is 0 Å². The maximum atomic E-state index is 12.6. The highest BCUT2D eigenvalue weighted by Gasteiger charge is 2.26. The zero-order valence-electron chi connectivity index (χ0n) is 16.0. The van der Waals surface area contributed by atoms with E-state index in [1.165, 1.54) is 10.5 Å². The first-order valence-corrected chi connectivity index (χ1v) is 10.5. The van der Waals surface area contributed by atoms with Crippen LogP contribution in [-0.2, 0) is 10.0 Å². The third-order valence-corrected chi connectivity index (χ3v) is 6.34. The summed E-state index contributed by atoms with van der Waals surface area (Å²) < 4.78 is 37.2. The van der Waals surface area contributed by atoms with Gasteiger partial charge in [-0.2, -0.15) is 9.41 Å². The van der Waals surface area contributed by atoms with Gasteiger partial charge in [0.15, 0.2) is 0 Å². The molecule has 0 aliphatic carbocycles. The average molecular weight is 404 g/mol. The summed E-state index contributed by atoms with van der Waals surface area (Å²) in [6.07, 6.45) is 5.83. The van der Waals surface area contributed by atoms with Crippen LogP contribution < -0.4 is 14.9 Å². The number of hydrogen-bond acceptors (Lipinski definition) is 7. The Morgan fingerprint density at radius 1 is 1.07 bits per heavy atom. The molecule has 0 amide bonds. The molecule has 9 heteroatoms. The molecule has 1 aliphatic heterocycles. The van der Waals surface area contributed by atoms with E-state index >= 15 is 0 Å². The lowest BCUT2D eigenvalue weighted by molar-refractivity contribution is 0.346. The molecule has 1 fully saturated rings. The number of benzene rings is 1. The second-order valence-electron chi connectivity index (χ2n) is 6.36.